The summed E-state index contributed by atoms with van der Waals surface area (Å²) in [6.45, 7) is 8.39. The van der Waals surface area contributed by atoms with Crippen molar-refractivity contribution in [3.8, 4) is 0 Å². The number of rotatable bonds is 7. The summed E-state index contributed by atoms with van der Waals surface area (Å²) in [6, 6.07) is 6.56. The second-order valence-corrected chi connectivity index (χ2v) is 5.50. The van der Waals surface area contributed by atoms with E-state index in [1.165, 1.54) is 6.07 Å². The second-order valence-electron chi connectivity index (χ2n) is 5.50. The van der Waals surface area contributed by atoms with Crippen molar-refractivity contribution in [1.29, 1.82) is 0 Å². The number of β-amino-alcohol motifs (C(OH)–C–C–N with tert-alkyl or cyclic N) is 1. The number of piperazine rings is 1. The van der Waals surface area contributed by atoms with E-state index in [2.05, 4.69) is 16.7 Å². The standard InChI is InChI=1S/C16H25FN2O2.2ClH/c1-2-18-7-9-19(10-8-18)11-15(20)13-21-12-14-5-3-4-6-16(14)17;;/h3-6,15,20H,2,7-13H2,1H3;2*1H. The van der Waals surface area contributed by atoms with Crippen molar-refractivity contribution in [2.45, 2.75) is 19.6 Å². The minimum atomic E-state index is -0.523. The van der Waals surface area contributed by atoms with Gasteiger partial charge in [0.15, 0.2) is 0 Å². The van der Waals surface area contributed by atoms with Crippen LogP contribution in [0.4, 0.5) is 4.39 Å². The van der Waals surface area contributed by atoms with Crippen LogP contribution in [0.15, 0.2) is 24.3 Å². The molecule has 0 aromatic heterocycles. The van der Waals surface area contributed by atoms with Gasteiger partial charge in [0.2, 0.25) is 0 Å². The van der Waals surface area contributed by atoms with Gasteiger partial charge in [0.05, 0.1) is 19.3 Å². The maximum Gasteiger partial charge on any atom is 0.128 e. The third-order valence-electron chi connectivity index (χ3n) is 3.91. The van der Waals surface area contributed by atoms with Gasteiger partial charge in [-0.3, -0.25) is 4.90 Å². The number of benzene rings is 1. The van der Waals surface area contributed by atoms with E-state index < -0.39 is 6.10 Å². The lowest BCUT2D eigenvalue weighted by molar-refractivity contribution is 0.00113. The van der Waals surface area contributed by atoms with Crippen molar-refractivity contribution in [3.63, 3.8) is 0 Å². The van der Waals surface area contributed by atoms with Gasteiger partial charge in [-0.25, -0.2) is 4.39 Å². The lowest BCUT2D eigenvalue weighted by Gasteiger charge is -2.34. The molecule has 1 saturated heterocycles. The molecule has 23 heavy (non-hydrogen) atoms. The molecule has 1 heterocycles. The fourth-order valence-corrected chi connectivity index (χ4v) is 2.56. The van der Waals surface area contributed by atoms with E-state index in [1.54, 1.807) is 18.2 Å². The Balaban J connectivity index is 0.00000242. The van der Waals surface area contributed by atoms with Crippen LogP contribution in [0.25, 0.3) is 0 Å². The van der Waals surface area contributed by atoms with E-state index in [9.17, 15) is 9.50 Å². The van der Waals surface area contributed by atoms with Gasteiger partial charge in [-0.15, -0.1) is 24.8 Å². The largest absolute Gasteiger partial charge is 0.389 e. The molecule has 2 rings (SSSR count). The molecule has 0 amide bonds. The normalized spacial score (nSPS) is 17.2. The molecule has 1 aromatic rings. The average Bonchev–Trinajstić information content (AvgIpc) is 2.50. The number of aliphatic hydroxyl groups excluding tert-OH is 1. The van der Waals surface area contributed by atoms with Gasteiger partial charge in [0.25, 0.3) is 0 Å². The fourth-order valence-electron chi connectivity index (χ4n) is 2.56. The molecule has 1 N–H and O–H groups in total. The fraction of sp³-hybridized carbons (Fsp3) is 0.625. The SMILES string of the molecule is CCN1CCN(CC(O)COCc2ccccc2F)CC1.Cl.Cl. The summed E-state index contributed by atoms with van der Waals surface area (Å²) >= 11 is 0. The third-order valence-corrected chi connectivity index (χ3v) is 3.91. The van der Waals surface area contributed by atoms with Crippen LogP contribution in [0, 0.1) is 5.82 Å². The Labute approximate surface area is 150 Å². The van der Waals surface area contributed by atoms with Crippen LogP contribution in [0.3, 0.4) is 0 Å². The van der Waals surface area contributed by atoms with Gasteiger partial charge in [-0.05, 0) is 12.6 Å². The van der Waals surface area contributed by atoms with Gasteiger partial charge < -0.3 is 14.7 Å². The number of likely N-dealkylation sites (N-methyl/N-ethyl adjacent to an activating group) is 1. The Hall–Kier alpha value is -0.430. The molecule has 7 heteroatoms. The summed E-state index contributed by atoms with van der Waals surface area (Å²) in [5, 5.41) is 10.00. The number of ether oxygens (including phenoxy) is 1. The van der Waals surface area contributed by atoms with E-state index in [-0.39, 0.29) is 43.8 Å². The molecule has 1 atom stereocenters. The summed E-state index contributed by atoms with van der Waals surface area (Å²) < 4.78 is 18.8. The summed E-state index contributed by atoms with van der Waals surface area (Å²) in [4.78, 5) is 4.65. The maximum absolute atomic E-state index is 13.4. The first-order chi connectivity index (χ1) is 10.2. The summed E-state index contributed by atoms with van der Waals surface area (Å²) in [5.74, 6) is -0.261. The van der Waals surface area contributed by atoms with E-state index in [0.29, 0.717) is 12.1 Å². The second kappa shape index (κ2) is 12.0. The average molecular weight is 369 g/mol. The van der Waals surface area contributed by atoms with E-state index in [0.717, 1.165) is 32.7 Å². The summed E-state index contributed by atoms with van der Waals surface area (Å²) in [5.41, 5.74) is 0.529. The molecule has 0 aliphatic carbocycles. The Morgan fingerprint density at radius 2 is 1.74 bits per heavy atom. The summed E-state index contributed by atoms with van der Waals surface area (Å²) in [6.07, 6.45) is -0.523. The van der Waals surface area contributed by atoms with Gasteiger partial charge in [-0.2, -0.15) is 0 Å². The molecule has 0 bridgehead atoms. The number of aliphatic hydroxyl groups is 1. The molecule has 0 spiro atoms. The smallest absolute Gasteiger partial charge is 0.128 e. The number of hydrogen-bond donors (Lipinski definition) is 1. The van der Waals surface area contributed by atoms with Crippen molar-refractivity contribution in [2.24, 2.45) is 0 Å². The highest BCUT2D eigenvalue weighted by Crippen LogP contribution is 2.08. The van der Waals surface area contributed by atoms with Crippen LogP contribution in [0.1, 0.15) is 12.5 Å². The van der Waals surface area contributed by atoms with E-state index in [4.69, 9.17) is 4.74 Å². The van der Waals surface area contributed by atoms with Crippen LogP contribution in [0.5, 0.6) is 0 Å². The van der Waals surface area contributed by atoms with Crippen LogP contribution in [-0.4, -0.2) is 66.9 Å². The quantitative estimate of drug-likeness (QED) is 0.799. The lowest BCUT2D eigenvalue weighted by atomic mass is 10.2. The monoisotopic (exact) mass is 368 g/mol. The molecular weight excluding hydrogens is 342 g/mol. The van der Waals surface area contributed by atoms with Gasteiger partial charge in [-0.1, -0.05) is 25.1 Å². The predicted octanol–water partition coefficient (Wildman–Crippen LogP) is 2.18. The highest BCUT2D eigenvalue weighted by atomic mass is 35.5. The van der Waals surface area contributed by atoms with Crippen molar-refractivity contribution in [1.82, 2.24) is 9.80 Å². The van der Waals surface area contributed by atoms with Gasteiger partial charge in [0, 0.05) is 38.3 Å². The first-order valence-electron chi connectivity index (χ1n) is 7.63. The Kier molecular flexibility index (Phi) is 11.8. The minimum absolute atomic E-state index is 0. The maximum atomic E-state index is 13.4. The topological polar surface area (TPSA) is 35.9 Å². The molecule has 1 aromatic carbocycles. The van der Waals surface area contributed by atoms with Crippen LogP contribution >= 0.6 is 24.8 Å². The van der Waals surface area contributed by atoms with Crippen molar-refractivity contribution in [2.75, 3.05) is 45.9 Å². The number of nitrogens with zero attached hydrogens (tertiary/aromatic N) is 2. The zero-order valence-electron chi connectivity index (χ0n) is 13.5. The van der Waals surface area contributed by atoms with Crippen LogP contribution in [0.2, 0.25) is 0 Å². The van der Waals surface area contributed by atoms with Crippen molar-refractivity contribution in [3.05, 3.63) is 35.6 Å². The van der Waals surface area contributed by atoms with Crippen LogP contribution < -0.4 is 0 Å². The van der Waals surface area contributed by atoms with Crippen LogP contribution in [-0.2, 0) is 11.3 Å². The molecule has 1 aliphatic heterocycles. The molecule has 0 radical (unpaired) electrons. The highest BCUT2D eigenvalue weighted by molar-refractivity contribution is 5.85. The molecular formula is C16H27Cl2FN2O2. The summed E-state index contributed by atoms with van der Waals surface area (Å²) in [7, 11) is 0. The molecule has 1 unspecified atom stereocenters. The van der Waals surface area contributed by atoms with E-state index >= 15 is 0 Å². The zero-order valence-corrected chi connectivity index (χ0v) is 15.1. The third kappa shape index (κ3) is 7.79. The Bertz CT molecular complexity index is 432. The predicted molar refractivity (Wildman–Crippen MR) is 95.1 cm³/mol. The Morgan fingerprint density at radius 1 is 1.13 bits per heavy atom. The van der Waals surface area contributed by atoms with Crippen molar-refractivity contribution < 1.29 is 14.2 Å². The molecule has 134 valence electrons. The molecule has 0 saturated carbocycles. The molecule has 1 aliphatic rings. The lowest BCUT2D eigenvalue weighted by Crippen LogP contribution is -2.48. The van der Waals surface area contributed by atoms with Gasteiger partial charge >= 0.3 is 0 Å². The number of halogens is 3. The molecule has 4 nitrogen and oxygen atoms in total. The van der Waals surface area contributed by atoms with Crippen molar-refractivity contribution >= 4 is 24.8 Å². The minimum Gasteiger partial charge on any atom is -0.389 e. The first kappa shape index (κ1) is 22.6. The van der Waals surface area contributed by atoms with Gasteiger partial charge in [0.1, 0.15) is 5.82 Å². The first-order valence-corrected chi connectivity index (χ1v) is 7.63. The molecule has 1 fully saturated rings. The zero-order chi connectivity index (χ0) is 15.1. The number of hydrogen-bond acceptors (Lipinski definition) is 4. The Morgan fingerprint density at radius 3 is 2.35 bits per heavy atom. The highest BCUT2D eigenvalue weighted by Gasteiger charge is 2.18. The van der Waals surface area contributed by atoms with E-state index in [1.807, 2.05) is 0 Å².